The third-order valence-electron chi connectivity index (χ3n) is 4.37. The molecular weight excluding hydrogens is 342 g/mol. The van der Waals surface area contributed by atoms with Crippen LogP contribution in [0.3, 0.4) is 0 Å². The number of amides is 1. The molecule has 2 aromatic carbocycles. The van der Waals surface area contributed by atoms with Gasteiger partial charge in [-0.15, -0.1) is 0 Å². The molecule has 0 spiro atoms. The van der Waals surface area contributed by atoms with Crippen LogP contribution < -0.4 is 10.1 Å². The van der Waals surface area contributed by atoms with E-state index in [1.165, 1.54) is 0 Å². The van der Waals surface area contributed by atoms with E-state index < -0.39 is 0 Å². The Hall–Kier alpha value is -3.28. The molecule has 0 aromatic heterocycles. The summed E-state index contributed by atoms with van der Waals surface area (Å²) in [5.74, 6) is 0.217. The predicted octanol–water partition coefficient (Wildman–Crippen LogP) is 3.27. The summed E-state index contributed by atoms with van der Waals surface area (Å²) in [7, 11) is 1.57. The van der Waals surface area contributed by atoms with Gasteiger partial charge in [0, 0.05) is 23.3 Å². The molecule has 0 aliphatic carbocycles. The highest BCUT2D eigenvalue weighted by atomic mass is 16.5. The molecule has 0 fully saturated rings. The second kappa shape index (κ2) is 8.40. The van der Waals surface area contributed by atoms with E-state index in [4.69, 9.17) is 4.74 Å². The molecule has 1 N–H and O–H groups in total. The molecule has 6 nitrogen and oxygen atoms in total. The van der Waals surface area contributed by atoms with E-state index in [-0.39, 0.29) is 18.2 Å². The van der Waals surface area contributed by atoms with Crippen molar-refractivity contribution in [1.82, 2.24) is 5.32 Å². The normalized spacial score (nSPS) is 13.0. The molecule has 138 valence electrons. The number of nitrogens with zero attached hydrogens (tertiary/aromatic N) is 2. The number of rotatable bonds is 7. The fourth-order valence-corrected chi connectivity index (χ4v) is 2.73. The Morgan fingerprint density at radius 3 is 2.52 bits per heavy atom. The standard InChI is InChI=1S/C21H21N3O3/c1-3-17-12-19(24-23-17)15-5-4-6-16(11-15)21(26)22-13-20(25)14-7-9-18(27-2)10-8-14/h4-11H,3,12-13H2,1-2H3,(H,22,26). The number of carbonyl (C=O) groups is 2. The molecule has 6 heteroatoms. The van der Waals surface area contributed by atoms with Gasteiger partial charge in [-0.1, -0.05) is 19.1 Å². The minimum atomic E-state index is -0.297. The second-order valence-corrected chi connectivity index (χ2v) is 6.16. The summed E-state index contributed by atoms with van der Waals surface area (Å²) in [5.41, 5.74) is 3.77. The lowest BCUT2D eigenvalue weighted by atomic mass is 10.0. The Kier molecular flexibility index (Phi) is 5.76. The van der Waals surface area contributed by atoms with Crippen molar-refractivity contribution >= 4 is 23.1 Å². The maximum Gasteiger partial charge on any atom is 0.251 e. The number of benzene rings is 2. The highest BCUT2D eigenvalue weighted by Gasteiger charge is 2.15. The van der Waals surface area contributed by atoms with E-state index in [1.54, 1.807) is 43.5 Å². The lowest BCUT2D eigenvalue weighted by molar-refractivity contribution is 0.0904. The smallest absolute Gasteiger partial charge is 0.251 e. The Balaban J connectivity index is 1.61. The zero-order valence-corrected chi connectivity index (χ0v) is 15.4. The number of ketones is 1. The third kappa shape index (κ3) is 4.47. The Morgan fingerprint density at radius 2 is 1.85 bits per heavy atom. The summed E-state index contributed by atoms with van der Waals surface area (Å²) >= 11 is 0. The summed E-state index contributed by atoms with van der Waals surface area (Å²) in [5, 5.41) is 11.0. The van der Waals surface area contributed by atoms with Crippen LogP contribution in [-0.2, 0) is 0 Å². The van der Waals surface area contributed by atoms with Crippen molar-refractivity contribution < 1.29 is 14.3 Å². The lowest BCUT2D eigenvalue weighted by Crippen LogP contribution is -2.29. The first-order valence-corrected chi connectivity index (χ1v) is 8.79. The van der Waals surface area contributed by atoms with Gasteiger partial charge in [-0.2, -0.15) is 10.2 Å². The van der Waals surface area contributed by atoms with Crippen LogP contribution in [0.1, 0.15) is 46.0 Å². The summed E-state index contributed by atoms with van der Waals surface area (Å²) in [6, 6.07) is 14.0. The minimum absolute atomic E-state index is 0.0700. The van der Waals surface area contributed by atoms with Gasteiger partial charge in [-0.25, -0.2) is 0 Å². The number of nitrogens with one attached hydrogen (secondary N) is 1. The molecule has 2 aromatic rings. The second-order valence-electron chi connectivity index (χ2n) is 6.16. The van der Waals surface area contributed by atoms with Crippen molar-refractivity contribution in [3.63, 3.8) is 0 Å². The quantitative estimate of drug-likeness (QED) is 0.767. The zero-order valence-electron chi connectivity index (χ0n) is 15.4. The van der Waals surface area contributed by atoms with Crippen molar-refractivity contribution in [1.29, 1.82) is 0 Å². The summed E-state index contributed by atoms with van der Waals surface area (Å²) in [6.45, 7) is 1.97. The molecular formula is C21H21N3O3. The maximum atomic E-state index is 12.4. The number of methoxy groups -OCH3 is 1. The number of hydrogen-bond acceptors (Lipinski definition) is 5. The fourth-order valence-electron chi connectivity index (χ4n) is 2.73. The molecule has 1 amide bonds. The Bertz CT molecular complexity index is 915. The highest BCUT2D eigenvalue weighted by molar-refractivity contribution is 6.15. The summed E-state index contributed by atoms with van der Waals surface area (Å²) in [6.07, 6.45) is 1.57. The molecule has 3 rings (SSSR count). The van der Waals surface area contributed by atoms with Gasteiger partial charge >= 0.3 is 0 Å². The van der Waals surface area contributed by atoms with Crippen LogP contribution in [0.4, 0.5) is 0 Å². The fraction of sp³-hybridized carbons (Fsp3) is 0.238. The van der Waals surface area contributed by atoms with Crippen molar-refractivity contribution in [3.05, 3.63) is 65.2 Å². The lowest BCUT2D eigenvalue weighted by Gasteiger charge is -2.07. The molecule has 0 atom stereocenters. The molecule has 0 saturated heterocycles. The first-order chi connectivity index (χ1) is 13.1. The molecule has 1 heterocycles. The highest BCUT2D eigenvalue weighted by Crippen LogP contribution is 2.15. The topological polar surface area (TPSA) is 80.1 Å². The van der Waals surface area contributed by atoms with E-state index in [9.17, 15) is 9.59 Å². The van der Waals surface area contributed by atoms with E-state index in [0.717, 1.165) is 23.4 Å². The number of carbonyl (C=O) groups excluding carboxylic acids is 2. The van der Waals surface area contributed by atoms with Crippen LogP contribution in [0.25, 0.3) is 0 Å². The van der Waals surface area contributed by atoms with E-state index in [2.05, 4.69) is 15.5 Å². The number of Topliss-reactive ketones (excluding diaryl/α,β-unsaturated/α-hetero) is 1. The summed E-state index contributed by atoms with van der Waals surface area (Å²) < 4.78 is 5.07. The van der Waals surface area contributed by atoms with Crippen LogP contribution in [0.5, 0.6) is 5.75 Å². The van der Waals surface area contributed by atoms with Crippen molar-refractivity contribution in [2.45, 2.75) is 19.8 Å². The van der Waals surface area contributed by atoms with Gasteiger partial charge in [0.05, 0.1) is 19.4 Å². The Labute approximate surface area is 158 Å². The predicted molar refractivity (Wildman–Crippen MR) is 105 cm³/mol. The van der Waals surface area contributed by atoms with Gasteiger partial charge in [0.15, 0.2) is 5.78 Å². The molecule has 1 aliphatic heterocycles. The molecule has 27 heavy (non-hydrogen) atoms. The molecule has 0 saturated carbocycles. The third-order valence-corrected chi connectivity index (χ3v) is 4.37. The van der Waals surface area contributed by atoms with E-state index in [1.807, 2.05) is 19.1 Å². The van der Waals surface area contributed by atoms with E-state index in [0.29, 0.717) is 23.3 Å². The molecule has 0 radical (unpaired) electrons. The van der Waals surface area contributed by atoms with Crippen molar-refractivity contribution in [2.75, 3.05) is 13.7 Å². The molecule has 0 unspecified atom stereocenters. The van der Waals surface area contributed by atoms with Crippen LogP contribution in [-0.4, -0.2) is 36.8 Å². The molecule has 1 aliphatic rings. The zero-order chi connectivity index (χ0) is 19.2. The first kappa shape index (κ1) is 18.5. The van der Waals surface area contributed by atoms with Gasteiger partial charge < -0.3 is 10.1 Å². The average Bonchev–Trinajstić information content (AvgIpc) is 3.21. The molecule has 0 bridgehead atoms. The number of ether oxygens (including phenoxy) is 1. The number of hydrogen-bond donors (Lipinski definition) is 1. The van der Waals surface area contributed by atoms with Crippen LogP contribution in [0, 0.1) is 0 Å². The summed E-state index contributed by atoms with van der Waals surface area (Å²) in [4.78, 5) is 24.7. The van der Waals surface area contributed by atoms with Gasteiger partial charge in [0.1, 0.15) is 5.75 Å². The SMILES string of the molecule is CCC1=NN=C(c2cccc(C(=O)NCC(=O)c3ccc(OC)cc3)c2)C1. The van der Waals surface area contributed by atoms with Crippen LogP contribution in [0.15, 0.2) is 58.7 Å². The van der Waals surface area contributed by atoms with E-state index >= 15 is 0 Å². The monoisotopic (exact) mass is 363 g/mol. The van der Waals surface area contributed by atoms with Gasteiger partial charge in [-0.05, 0) is 48.4 Å². The Morgan fingerprint density at radius 1 is 1.07 bits per heavy atom. The van der Waals surface area contributed by atoms with Crippen molar-refractivity contribution in [3.8, 4) is 5.75 Å². The van der Waals surface area contributed by atoms with Gasteiger partial charge in [0.25, 0.3) is 5.91 Å². The van der Waals surface area contributed by atoms with Gasteiger partial charge in [0.2, 0.25) is 0 Å². The van der Waals surface area contributed by atoms with Crippen LogP contribution in [0.2, 0.25) is 0 Å². The van der Waals surface area contributed by atoms with Crippen LogP contribution >= 0.6 is 0 Å². The van der Waals surface area contributed by atoms with Gasteiger partial charge in [-0.3, -0.25) is 9.59 Å². The van der Waals surface area contributed by atoms with Crippen molar-refractivity contribution in [2.24, 2.45) is 10.2 Å². The first-order valence-electron chi connectivity index (χ1n) is 8.79. The maximum absolute atomic E-state index is 12.4. The average molecular weight is 363 g/mol. The minimum Gasteiger partial charge on any atom is -0.497 e. The largest absolute Gasteiger partial charge is 0.497 e.